The Labute approximate surface area is 194 Å². The summed E-state index contributed by atoms with van der Waals surface area (Å²) in [5.74, 6) is -0.360. The predicted octanol–water partition coefficient (Wildman–Crippen LogP) is 4.20. The molecule has 3 aromatic rings. The number of aromatic nitrogens is 2. The van der Waals surface area contributed by atoms with Crippen LogP contribution in [0.2, 0.25) is 5.02 Å². The molecule has 7 nitrogen and oxygen atoms in total. The fraction of sp³-hybridized carbons (Fsp3) is 0.286. The smallest absolute Gasteiger partial charge is 0.274 e. The number of nitrogens with zero attached hydrogens (tertiary/aromatic N) is 3. The molecule has 4 rings (SSSR count). The van der Waals surface area contributed by atoms with E-state index in [1.165, 1.54) is 11.3 Å². The number of ether oxygens (including phenoxy) is 1. The normalized spacial score (nSPS) is 13.2. The topological polar surface area (TPSA) is 84.7 Å². The van der Waals surface area contributed by atoms with Gasteiger partial charge in [0.2, 0.25) is 5.43 Å². The molecule has 31 heavy (non-hydrogen) atoms. The Hall–Kier alpha value is -2.55. The molecule has 0 saturated carbocycles. The molecule has 3 heterocycles. The summed E-state index contributed by atoms with van der Waals surface area (Å²) in [6.07, 6.45) is 3.19. The Kier molecular flexibility index (Phi) is 6.93. The van der Waals surface area contributed by atoms with Crippen molar-refractivity contribution < 1.29 is 14.6 Å². The van der Waals surface area contributed by atoms with Crippen LogP contribution in [-0.2, 0) is 13.1 Å². The predicted molar refractivity (Wildman–Crippen MR) is 123 cm³/mol. The van der Waals surface area contributed by atoms with Crippen LogP contribution in [0.1, 0.15) is 29.9 Å². The minimum Gasteiger partial charge on any atom is -0.503 e. The highest BCUT2D eigenvalue weighted by molar-refractivity contribution is 7.13. The second-order valence-corrected chi connectivity index (χ2v) is 8.56. The lowest BCUT2D eigenvalue weighted by molar-refractivity contribution is 0.0683. The Morgan fingerprint density at radius 3 is 2.71 bits per heavy atom. The third kappa shape index (κ3) is 4.56. The van der Waals surface area contributed by atoms with Crippen molar-refractivity contribution in [3.63, 3.8) is 0 Å². The van der Waals surface area contributed by atoms with Gasteiger partial charge >= 0.3 is 0 Å². The van der Waals surface area contributed by atoms with Crippen molar-refractivity contribution in [2.24, 2.45) is 0 Å². The van der Waals surface area contributed by atoms with E-state index in [0.29, 0.717) is 41.0 Å². The molecule has 0 atom stereocenters. The number of fused-ring (bicyclic) bond motifs is 1. The highest BCUT2D eigenvalue weighted by Gasteiger charge is 2.30. The quantitative estimate of drug-likeness (QED) is 0.590. The summed E-state index contributed by atoms with van der Waals surface area (Å²) in [4.78, 5) is 31.4. The van der Waals surface area contributed by atoms with Crippen LogP contribution in [-0.4, -0.2) is 38.1 Å². The molecule has 1 aliphatic heterocycles. The number of hydrogen-bond acceptors (Lipinski definition) is 6. The molecule has 1 N–H and O–H groups in total. The number of carbonyl (C=O) groups is 1. The maximum atomic E-state index is 13.0. The van der Waals surface area contributed by atoms with Crippen molar-refractivity contribution in [2.45, 2.75) is 33.0 Å². The van der Waals surface area contributed by atoms with E-state index in [1.54, 1.807) is 39.4 Å². The number of hydrogen-bond donors (Lipinski definition) is 1. The number of carbonyl (C=O) groups excluding carboxylic acids is 1. The summed E-state index contributed by atoms with van der Waals surface area (Å²) in [5, 5.41) is 13.2. The van der Waals surface area contributed by atoms with Gasteiger partial charge in [0, 0.05) is 37.4 Å². The lowest BCUT2D eigenvalue weighted by Gasteiger charge is -2.30. The van der Waals surface area contributed by atoms with Gasteiger partial charge in [-0.05, 0) is 31.5 Å². The third-order valence-electron chi connectivity index (χ3n) is 4.75. The summed E-state index contributed by atoms with van der Waals surface area (Å²) in [6.45, 7) is 5.04. The average molecular weight is 482 g/mol. The van der Waals surface area contributed by atoms with Gasteiger partial charge in [-0.15, -0.1) is 23.7 Å². The van der Waals surface area contributed by atoms with Crippen molar-refractivity contribution in [1.29, 1.82) is 0 Å². The Balaban J connectivity index is 0.00000272. The molecular formula is C21H21Cl2N3O4S. The van der Waals surface area contributed by atoms with Gasteiger partial charge in [0.25, 0.3) is 5.91 Å². The van der Waals surface area contributed by atoms with Crippen LogP contribution in [0.15, 0.2) is 40.8 Å². The molecule has 1 amide bonds. The van der Waals surface area contributed by atoms with Crippen molar-refractivity contribution >= 4 is 41.3 Å². The van der Waals surface area contributed by atoms with E-state index >= 15 is 0 Å². The third-order valence-corrected chi connectivity index (χ3v) is 5.85. The number of pyridine rings is 1. The van der Waals surface area contributed by atoms with Crippen LogP contribution in [0.3, 0.4) is 0 Å². The van der Waals surface area contributed by atoms with Crippen LogP contribution < -0.4 is 10.2 Å². The molecule has 0 aliphatic carbocycles. The van der Waals surface area contributed by atoms with Crippen molar-refractivity contribution in [3.8, 4) is 22.1 Å². The molecule has 2 aromatic heterocycles. The van der Waals surface area contributed by atoms with E-state index in [-0.39, 0.29) is 24.2 Å². The first-order chi connectivity index (χ1) is 14.3. The molecule has 164 valence electrons. The molecule has 0 unspecified atom stereocenters. The standard InChI is InChI=1S/C21H20ClN3O4S.ClH/c1-12(2)29-16-4-3-13(9-15(16)22)10-25-7-6-24-11-14(20-23-5-8-30-20)18(26)19(27)17(24)21(25)28;/h3-5,8-9,11-12,27H,6-7,10H2,1-2H3;1H. The number of aromatic hydroxyl groups is 1. The number of amides is 1. The molecule has 10 heteroatoms. The van der Waals surface area contributed by atoms with Gasteiger partial charge < -0.3 is 19.3 Å². The van der Waals surface area contributed by atoms with Crippen molar-refractivity contribution in [3.05, 3.63) is 62.5 Å². The van der Waals surface area contributed by atoms with Gasteiger partial charge in [-0.3, -0.25) is 9.59 Å². The van der Waals surface area contributed by atoms with Crippen molar-refractivity contribution in [1.82, 2.24) is 14.5 Å². The summed E-state index contributed by atoms with van der Waals surface area (Å²) < 4.78 is 7.26. The van der Waals surface area contributed by atoms with Crippen LogP contribution >= 0.6 is 35.3 Å². The highest BCUT2D eigenvalue weighted by Crippen LogP contribution is 2.29. The summed E-state index contributed by atoms with van der Waals surface area (Å²) in [6, 6.07) is 5.39. The van der Waals surface area contributed by atoms with Gasteiger partial charge in [-0.2, -0.15) is 0 Å². The highest BCUT2D eigenvalue weighted by atomic mass is 35.5. The molecule has 0 bridgehead atoms. The molecule has 0 saturated heterocycles. The SMILES string of the molecule is CC(C)Oc1ccc(CN2CCn3cc(-c4nccs4)c(=O)c(O)c3C2=O)cc1Cl.Cl. The van der Waals surface area contributed by atoms with Gasteiger partial charge in [-0.1, -0.05) is 17.7 Å². The zero-order valence-electron chi connectivity index (χ0n) is 16.9. The summed E-state index contributed by atoms with van der Waals surface area (Å²) >= 11 is 7.61. The first-order valence-electron chi connectivity index (χ1n) is 9.45. The second-order valence-electron chi connectivity index (χ2n) is 7.26. The van der Waals surface area contributed by atoms with Crippen molar-refractivity contribution in [2.75, 3.05) is 6.54 Å². The fourth-order valence-electron chi connectivity index (χ4n) is 3.40. The maximum absolute atomic E-state index is 13.0. The van der Waals surface area contributed by atoms with Gasteiger partial charge in [0.05, 0.1) is 16.7 Å². The van der Waals surface area contributed by atoms with Gasteiger partial charge in [0.1, 0.15) is 10.8 Å². The van der Waals surface area contributed by atoms with E-state index in [9.17, 15) is 14.7 Å². The van der Waals surface area contributed by atoms with E-state index in [2.05, 4.69) is 4.98 Å². The number of halogens is 2. The monoisotopic (exact) mass is 481 g/mol. The Morgan fingerprint density at radius 1 is 1.29 bits per heavy atom. The first kappa shape index (κ1) is 23.1. The molecule has 0 radical (unpaired) electrons. The van der Waals surface area contributed by atoms with Gasteiger partial charge in [0.15, 0.2) is 11.4 Å². The van der Waals surface area contributed by atoms with Crippen LogP contribution in [0.25, 0.3) is 10.6 Å². The first-order valence-corrected chi connectivity index (χ1v) is 10.7. The lowest BCUT2D eigenvalue weighted by atomic mass is 10.1. The number of benzene rings is 1. The largest absolute Gasteiger partial charge is 0.503 e. The zero-order valence-corrected chi connectivity index (χ0v) is 19.3. The minimum absolute atomic E-state index is 0. The zero-order chi connectivity index (χ0) is 21.4. The molecule has 0 fully saturated rings. The van der Waals surface area contributed by atoms with Crippen LogP contribution in [0, 0.1) is 0 Å². The molecule has 1 aliphatic rings. The molecule has 1 aromatic carbocycles. The Bertz CT molecular complexity index is 1160. The molecule has 0 spiro atoms. The number of rotatable bonds is 5. The fourth-order valence-corrected chi connectivity index (χ4v) is 4.30. The number of thiazole rings is 1. The van der Waals surface area contributed by atoms with E-state index in [4.69, 9.17) is 16.3 Å². The van der Waals surface area contributed by atoms with E-state index < -0.39 is 17.1 Å². The maximum Gasteiger partial charge on any atom is 0.274 e. The lowest BCUT2D eigenvalue weighted by Crippen LogP contribution is -2.41. The summed E-state index contributed by atoms with van der Waals surface area (Å²) in [5.41, 5.74) is 0.529. The molecular weight excluding hydrogens is 461 g/mol. The van der Waals surface area contributed by atoms with Crippen LogP contribution in [0.4, 0.5) is 0 Å². The Morgan fingerprint density at radius 2 is 2.06 bits per heavy atom. The second kappa shape index (κ2) is 9.30. The average Bonchev–Trinajstić information content (AvgIpc) is 3.23. The van der Waals surface area contributed by atoms with Gasteiger partial charge in [-0.25, -0.2) is 4.98 Å². The van der Waals surface area contributed by atoms with E-state index in [1.807, 2.05) is 19.9 Å². The van der Waals surface area contributed by atoms with Crippen LogP contribution in [0.5, 0.6) is 11.5 Å². The summed E-state index contributed by atoms with van der Waals surface area (Å²) in [7, 11) is 0. The van der Waals surface area contributed by atoms with E-state index in [0.717, 1.165) is 5.56 Å². The minimum atomic E-state index is -0.593.